The quantitative estimate of drug-likeness (QED) is 0.729. The van der Waals surface area contributed by atoms with Crippen molar-refractivity contribution in [3.05, 3.63) is 42.2 Å². The Balaban J connectivity index is 2.59. The third-order valence-electron chi connectivity index (χ3n) is 2.21. The fraction of sp³-hybridized carbons (Fsp3) is 0.0909. The zero-order chi connectivity index (χ0) is 10.8. The lowest BCUT2D eigenvalue weighted by atomic mass is 10.1. The van der Waals surface area contributed by atoms with Gasteiger partial charge in [0.05, 0.1) is 6.20 Å². The molecule has 2 rings (SSSR count). The number of benzene rings is 1. The molecule has 1 aromatic heterocycles. The van der Waals surface area contributed by atoms with E-state index in [1.807, 2.05) is 30.3 Å². The van der Waals surface area contributed by atoms with Gasteiger partial charge >= 0.3 is 0 Å². The van der Waals surface area contributed by atoms with E-state index >= 15 is 0 Å². The maximum Gasteiger partial charge on any atom is 0.271 e. The molecule has 1 heterocycles. The van der Waals surface area contributed by atoms with E-state index in [-0.39, 0.29) is 0 Å². The normalized spacial score (nSPS) is 10.3. The molecule has 0 aliphatic heterocycles. The summed E-state index contributed by atoms with van der Waals surface area (Å²) in [5, 5.41) is 3.53. The van der Waals surface area contributed by atoms with E-state index < -0.39 is 5.24 Å². The van der Waals surface area contributed by atoms with Crippen molar-refractivity contribution in [3.63, 3.8) is 0 Å². The standard InChI is InChI=1S/C11H9ClN2O/c1-14-10(11(12)15)9(7-13-14)8-5-3-2-4-6-8/h2-7H,1H3. The van der Waals surface area contributed by atoms with Gasteiger partial charge < -0.3 is 0 Å². The highest BCUT2D eigenvalue weighted by Gasteiger charge is 2.15. The van der Waals surface area contributed by atoms with Crippen LogP contribution in [-0.2, 0) is 7.05 Å². The summed E-state index contributed by atoms with van der Waals surface area (Å²) in [6.45, 7) is 0. The number of aryl methyl sites for hydroxylation is 1. The highest BCUT2D eigenvalue weighted by atomic mass is 35.5. The second-order valence-corrected chi connectivity index (χ2v) is 3.51. The summed E-state index contributed by atoms with van der Waals surface area (Å²) in [5.74, 6) is 0. The van der Waals surface area contributed by atoms with E-state index in [0.29, 0.717) is 5.69 Å². The van der Waals surface area contributed by atoms with Gasteiger partial charge in [0.1, 0.15) is 5.69 Å². The summed E-state index contributed by atoms with van der Waals surface area (Å²) in [4.78, 5) is 11.2. The largest absolute Gasteiger partial charge is 0.274 e. The molecular formula is C11H9ClN2O. The van der Waals surface area contributed by atoms with Crippen molar-refractivity contribution in [2.75, 3.05) is 0 Å². The van der Waals surface area contributed by atoms with E-state index in [2.05, 4.69) is 5.10 Å². The molecule has 0 bridgehead atoms. The van der Waals surface area contributed by atoms with Gasteiger partial charge in [-0.3, -0.25) is 9.48 Å². The summed E-state index contributed by atoms with van der Waals surface area (Å²) < 4.78 is 1.48. The Morgan fingerprint density at radius 3 is 2.60 bits per heavy atom. The maximum absolute atomic E-state index is 11.2. The van der Waals surface area contributed by atoms with Crippen LogP contribution in [0.5, 0.6) is 0 Å². The minimum absolute atomic E-state index is 0.419. The number of hydrogen-bond donors (Lipinski definition) is 0. The lowest BCUT2D eigenvalue weighted by Crippen LogP contribution is -2.02. The first kappa shape index (κ1) is 9.93. The molecule has 1 aromatic carbocycles. The lowest BCUT2D eigenvalue weighted by molar-refractivity contribution is 0.107. The predicted octanol–water partition coefficient (Wildman–Crippen LogP) is 2.47. The molecule has 0 aliphatic carbocycles. The predicted molar refractivity (Wildman–Crippen MR) is 58.8 cm³/mol. The number of carbonyl (C=O) groups excluding carboxylic acids is 1. The maximum atomic E-state index is 11.2. The summed E-state index contributed by atoms with van der Waals surface area (Å²) in [5.41, 5.74) is 2.12. The molecular weight excluding hydrogens is 212 g/mol. The molecule has 0 saturated carbocycles. The Bertz CT molecular complexity index is 491. The van der Waals surface area contributed by atoms with E-state index in [9.17, 15) is 4.79 Å². The molecule has 4 heteroatoms. The highest BCUT2D eigenvalue weighted by molar-refractivity contribution is 6.68. The van der Waals surface area contributed by atoms with Crippen molar-refractivity contribution in [1.82, 2.24) is 9.78 Å². The number of aromatic nitrogens is 2. The van der Waals surface area contributed by atoms with Crippen LogP contribution >= 0.6 is 11.6 Å². The average Bonchev–Trinajstić information content (AvgIpc) is 2.61. The minimum Gasteiger partial charge on any atom is -0.274 e. The first-order valence-corrected chi connectivity index (χ1v) is 4.85. The fourth-order valence-corrected chi connectivity index (χ4v) is 1.72. The summed E-state index contributed by atoms with van der Waals surface area (Å²) >= 11 is 5.51. The highest BCUT2D eigenvalue weighted by Crippen LogP contribution is 2.23. The number of rotatable bonds is 2. The van der Waals surface area contributed by atoms with Crippen LogP contribution in [0.3, 0.4) is 0 Å². The molecule has 0 amide bonds. The Hall–Kier alpha value is -1.61. The Kier molecular flexibility index (Phi) is 2.56. The van der Waals surface area contributed by atoms with Crippen molar-refractivity contribution in [3.8, 4) is 11.1 Å². The van der Waals surface area contributed by atoms with Crippen molar-refractivity contribution < 1.29 is 4.79 Å². The molecule has 0 unspecified atom stereocenters. The first-order chi connectivity index (χ1) is 7.20. The van der Waals surface area contributed by atoms with Gasteiger partial charge in [0.15, 0.2) is 0 Å². The van der Waals surface area contributed by atoms with Crippen LogP contribution in [0.25, 0.3) is 11.1 Å². The number of hydrogen-bond acceptors (Lipinski definition) is 2. The van der Waals surface area contributed by atoms with Crippen molar-refractivity contribution in [2.45, 2.75) is 0 Å². The third-order valence-corrected chi connectivity index (χ3v) is 2.39. The van der Waals surface area contributed by atoms with Crippen LogP contribution in [-0.4, -0.2) is 15.0 Å². The first-order valence-electron chi connectivity index (χ1n) is 4.47. The SMILES string of the molecule is Cn1ncc(-c2ccccc2)c1C(=O)Cl. The topological polar surface area (TPSA) is 34.9 Å². The zero-order valence-corrected chi connectivity index (χ0v) is 8.90. The van der Waals surface area contributed by atoms with E-state index in [0.717, 1.165) is 11.1 Å². The lowest BCUT2D eigenvalue weighted by Gasteiger charge is -2.00. The molecule has 0 spiro atoms. The molecule has 0 saturated heterocycles. The van der Waals surface area contributed by atoms with Crippen LogP contribution in [0, 0.1) is 0 Å². The Labute approximate surface area is 92.3 Å². The summed E-state index contributed by atoms with van der Waals surface area (Å²) in [7, 11) is 1.70. The van der Waals surface area contributed by atoms with E-state index in [4.69, 9.17) is 11.6 Å². The molecule has 0 radical (unpaired) electrons. The molecule has 0 N–H and O–H groups in total. The van der Waals surface area contributed by atoms with Gasteiger partial charge in [-0.1, -0.05) is 30.3 Å². The van der Waals surface area contributed by atoms with Gasteiger partial charge in [0.2, 0.25) is 0 Å². The van der Waals surface area contributed by atoms with Crippen LogP contribution < -0.4 is 0 Å². The van der Waals surface area contributed by atoms with Crippen LogP contribution in [0.15, 0.2) is 36.5 Å². The van der Waals surface area contributed by atoms with Crippen LogP contribution in [0.2, 0.25) is 0 Å². The molecule has 76 valence electrons. The number of carbonyl (C=O) groups is 1. The van der Waals surface area contributed by atoms with E-state index in [1.165, 1.54) is 4.68 Å². The number of halogens is 1. The monoisotopic (exact) mass is 220 g/mol. The van der Waals surface area contributed by atoms with Crippen LogP contribution in [0.4, 0.5) is 0 Å². The van der Waals surface area contributed by atoms with Gasteiger partial charge in [-0.2, -0.15) is 5.10 Å². The zero-order valence-electron chi connectivity index (χ0n) is 8.14. The van der Waals surface area contributed by atoms with Gasteiger partial charge in [-0.15, -0.1) is 0 Å². The van der Waals surface area contributed by atoms with Gasteiger partial charge in [0, 0.05) is 12.6 Å². The van der Waals surface area contributed by atoms with Crippen molar-refractivity contribution in [2.24, 2.45) is 7.05 Å². The van der Waals surface area contributed by atoms with Gasteiger partial charge in [-0.25, -0.2) is 0 Å². The smallest absolute Gasteiger partial charge is 0.271 e. The molecule has 2 aromatic rings. The molecule has 0 fully saturated rings. The van der Waals surface area contributed by atoms with Crippen molar-refractivity contribution in [1.29, 1.82) is 0 Å². The van der Waals surface area contributed by atoms with Crippen LogP contribution in [0.1, 0.15) is 10.5 Å². The summed E-state index contributed by atoms with van der Waals surface area (Å²) in [6, 6.07) is 9.57. The minimum atomic E-state index is -0.492. The summed E-state index contributed by atoms with van der Waals surface area (Å²) in [6.07, 6.45) is 1.64. The fourth-order valence-electron chi connectivity index (χ4n) is 1.50. The third kappa shape index (κ3) is 1.78. The second kappa shape index (κ2) is 3.87. The van der Waals surface area contributed by atoms with E-state index in [1.54, 1.807) is 13.2 Å². The molecule has 15 heavy (non-hydrogen) atoms. The van der Waals surface area contributed by atoms with Gasteiger partial charge in [0.25, 0.3) is 5.24 Å². The molecule has 3 nitrogen and oxygen atoms in total. The molecule has 0 atom stereocenters. The second-order valence-electron chi connectivity index (χ2n) is 3.17. The Morgan fingerprint density at radius 1 is 1.33 bits per heavy atom. The number of nitrogens with zero attached hydrogens (tertiary/aromatic N) is 2. The van der Waals surface area contributed by atoms with Crippen molar-refractivity contribution >= 4 is 16.8 Å². The average molecular weight is 221 g/mol. The molecule has 0 aliphatic rings. The Morgan fingerprint density at radius 2 is 2.00 bits per heavy atom. The van der Waals surface area contributed by atoms with Gasteiger partial charge in [-0.05, 0) is 17.2 Å².